The molecule has 1 aromatic rings. The number of hydrogen-bond donors (Lipinski definition) is 2. The maximum absolute atomic E-state index is 12.5. The molecule has 0 spiro atoms. The van der Waals surface area contributed by atoms with Gasteiger partial charge in [0, 0.05) is 14.1 Å². The summed E-state index contributed by atoms with van der Waals surface area (Å²) in [6.45, 7) is 5.20. The second-order valence-corrected chi connectivity index (χ2v) is 6.99. The monoisotopic (exact) mass is 348 g/mol. The van der Waals surface area contributed by atoms with Gasteiger partial charge < -0.3 is 20.3 Å². The molecule has 1 aliphatic rings. The number of fused-ring (bicyclic) bond motifs is 1. The molecule has 0 aromatic heterocycles. The van der Waals surface area contributed by atoms with Crippen LogP contribution < -0.4 is 15.5 Å². The molecule has 0 aliphatic carbocycles. The van der Waals surface area contributed by atoms with E-state index in [1.807, 2.05) is 0 Å². The van der Waals surface area contributed by atoms with Gasteiger partial charge in [-0.3, -0.25) is 9.69 Å². The van der Waals surface area contributed by atoms with Gasteiger partial charge in [-0.15, -0.1) is 0 Å². The highest BCUT2D eigenvalue weighted by Gasteiger charge is 2.33. The van der Waals surface area contributed by atoms with E-state index in [2.05, 4.69) is 10.6 Å². The van der Waals surface area contributed by atoms with Gasteiger partial charge in [0.05, 0.1) is 17.9 Å². The van der Waals surface area contributed by atoms with Crippen LogP contribution in [0, 0.1) is 0 Å². The highest BCUT2D eigenvalue weighted by atomic mass is 16.6. The summed E-state index contributed by atoms with van der Waals surface area (Å²) in [4.78, 5) is 39.9. The van der Waals surface area contributed by atoms with Gasteiger partial charge in [0.25, 0.3) is 0 Å². The fourth-order valence-electron chi connectivity index (χ4n) is 2.38. The number of carbonyl (C=O) groups is 3. The van der Waals surface area contributed by atoms with Crippen molar-refractivity contribution in [3.05, 3.63) is 24.3 Å². The highest BCUT2D eigenvalue weighted by Crippen LogP contribution is 2.29. The number of urea groups is 1. The molecule has 2 N–H and O–H groups in total. The Labute approximate surface area is 147 Å². The van der Waals surface area contributed by atoms with Crippen LogP contribution in [0.3, 0.4) is 0 Å². The molecule has 0 saturated heterocycles. The van der Waals surface area contributed by atoms with Crippen LogP contribution in [0.1, 0.15) is 20.8 Å². The summed E-state index contributed by atoms with van der Waals surface area (Å²) < 4.78 is 5.21. The van der Waals surface area contributed by atoms with E-state index in [9.17, 15) is 14.4 Å². The zero-order valence-corrected chi connectivity index (χ0v) is 15.1. The number of ether oxygens (including phenoxy) is 1. The largest absolute Gasteiger partial charge is 0.444 e. The number of para-hydroxylation sites is 2. The van der Waals surface area contributed by atoms with Crippen LogP contribution in [0.4, 0.5) is 21.0 Å². The lowest BCUT2D eigenvalue weighted by atomic mass is 10.2. The first-order valence-electron chi connectivity index (χ1n) is 7.97. The predicted molar refractivity (Wildman–Crippen MR) is 94.7 cm³/mol. The third-order valence-corrected chi connectivity index (χ3v) is 3.44. The molecule has 8 heteroatoms. The summed E-state index contributed by atoms with van der Waals surface area (Å²) in [5.74, 6) is -0.410. The third kappa shape index (κ3) is 4.62. The number of rotatable bonds is 1. The minimum Gasteiger partial charge on any atom is -0.444 e. The quantitative estimate of drug-likeness (QED) is 0.812. The Morgan fingerprint density at radius 1 is 1.28 bits per heavy atom. The first-order chi connectivity index (χ1) is 11.6. The molecule has 25 heavy (non-hydrogen) atoms. The van der Waals surface area contributed by atoms with Crippen molar-refractivity contribution in [3.63, 3.8) is 0 Å². The molecule has 2 rings (SSSR count). The summed E-state index contributed by atoms with van der Waals surface area (Å²) in [5, 5.41) is 5.28. The molecule has 1 aliphatic heterocycles. The van der Waals surface area contributed by atoms with Gasteiger partial charge in [0.1, 0.15) is 11.6 Å². The maximum atomic E-state index is 12.5. The average molecular weight is 348 g/mol. The molecular weight excluding hydrogens is 324 g/mol. The van der Waals surface area contributed by atoms with Crippen molar-refractivity contribution < 1.29 is 19.1 Å². The van der Waals surface area contributed by atoms with E-state index in [1.165, 1.54) is 9.80 Å². The van der Waals surface area contributed by atoms with Crippen molar-refractivity contribution in [2.24, 2.45) is 0 Å². The van der Waals surface area contributed by atoms with Crippen molar-refractivity contribution >= 4 is 29.4 Å². The molecule has 1 atom stereocenters. The number of anilines is 2. The predicted octanol–water partition coefficient (Wildman–Crippen LogP) is 2.02. The minimum atomic E-state index is -0.939. The second kappa shape index (κ2) is 7.00. The lowest BCUT2D eigenvalue weighted by Crippen LogP contribution is -2.52. The molecule has 1 unspecified atom stereocenters. The van der Waals surface area contributed by atoms with E-state index in [0.717, 1.165) is 0 Å². The van der Waals surface area contributed by atoms with Gasteiger partial charge in [-0.05, 0) is 32.9 Å². The molecule has 0 radical (unpaired) electrons. The number of amides is 4. The zero-order chi connectivity index (χ0) is 18.8. The lowest BCUT2D eigenvalue weighted by Gasteiger charge is -2.28. The van der Waals surface area contributed by atoms with Crippen LogP contribution in [-0.4, -0.2) is 55.2 Å². The Morgan fingerprint density at radius 3 is 2.52 bits per heavy atom. The molecule has 4 amide bonds. The van der Waals surface area contributed by atoms with Crippen molar-refractivity contribution in [3.8, 4) is 0 Å². The van der Waals surface area contributed by atoms with E-state index in [-0.39, 0.29) is 12.6 Å². The van der Waals surface area contributed by atoms with E-state index >= 15 is 0 Å². The number of nitrogens with zero attached hydrogens (tertiary/aromatic N) is 2. The second-order valence-electron chi connectivity index (χ2n) is 6.99. The van der Waals surface area contributed by atoms with Gasteiger partial charge in [0.2, 0.25) is 5.91 Å². The van der Waals surface area contributed by atoms with Gasteiger partial charge in [0.15, 0.2) is 0 Å². The van der Waals surface area contributed by atoms with Crippen molar-refractivity contribution in [1.29, 1.82) is 0 Å². The average Bonchev–Trinajstić information content (AvgIpc) is 2.62. The van der Waals surface area contributed by atoms with Gasteiger partial charge in [-0.1, -0.05) is 12.1 Å². The van der Waals surface area contributed by atoms with E-state index < -0.39 is 23.6 Å². The van der Waals surface area contributed by atoms with Gasteiger partial charge >= 0.3 is 12.1 Å². The highest BCUT2D eigenvalue weighted by molar-refractivity contribution is 6.06. The molecule has 0 fully saturated rings. The number of benzene rings is 1. The first-order valence-corrected chi connectivity index (χ1v) is 7.97. The van der Waals surface area contributed by atoms with E-state index in [1.54, 1.807) is 59.1 Å². The molecule has 1 aromatic carbocycles. The maximum Gasteiger partial charge on any atom is 0.408 e. The van der Waals surface area contributed by atoms with Gasteiger partial charge in [-0.25, -0.2) is 9.59 Å². The Balaban J connectivity index is 2.28. The van der Waals surface area contributed by atoms with Crippen molar-refractivity contribution in [2.75, 3.05) is 30.9 Å². The topological polar surface area (TPSA) is 91.0 Å². The van der Waals surface area contributed by atoms with Crippen LogP contribution >= 0.6 is 0 Å². The SMILES string of the molecule is CN(C)C(=O)N1CC(NC(=O)OC(C)(C)C)C(=O)Nc2ccccc21. The molecule has 1 heterocycles. The molecule has 136 valence electrons. The number of alkyl carbamates (subject to hydrolysis) is 1. The van der Waals surface area contributed by atoms with Crippen LogP contribution in [0.15, 0.2) is 24.3 Å². The molecular formula is C17H24N4O4. The molecule has 8 nitrogen and oxygen atoms in total. The van der Waals surface area contributed by atoms with E-state index in [4.69, 9.17) is 4.74 Å². The Bertz CT molecular complexity index is 681. The Hall–Kier alpha value is -2.77. The number of hydrogen-bond acceptors (Lipinski definition) is 4. The summed E-state index contributed by atoms with van der Waals surface area (Å²) in [7, 11) is 3.25. The van der Waals surface area contributed by atoms with Crippen LogP contribution in [0.2, 0.25) is 0 Å². The lowest BCUT2D eigenvalue weighted by molar-refractivity contribution is -0.117. The zero-order valence-electron chi connectivity index (χ0n) is 15.1. The number of nitrogens with one attached hydrogen (secondary N) is 2. The fraction of sp³-hybridized carbons (Fsp3) is 0.471. The molecule has 0 saturated carbocycles. The first kappa shape index (κ1) is 18.6. The van der Waals surface area contributed by atoms with Crippen molar-refractivity contribution in [1.82, 2.24) is 10.2 Å². The van der Waals surface area contributed by atoms with E-state index in [0.29, 0.717) is 11.4 Å². The Morgan fingerprint density at radius 2 is 1.92 bits per heavy atom. The summed E-state index contributed by atoms with van der Waals surface area (Å²) >= 11 is 0. The van der Waals surface area contributed by atoms with Crippen LogP contribution in [0.5, 0.6) is 0 Å². The number of carbonyl (C=O) groups excluding carboxylic acids is 3. The summed E-state index contributed by atoms with van der Waals surface area (Å²) in [6, 6.07) is 5.76. The minimum absolute atomic E-state index is 0.000890. The van der Waals surface area contributed by atoms with Crippen LogP contribution in [-0.2, 0) is 9.53 Å². The molecule has 0 bridgehead atoms. The van der Waals surface area contributed by atoms with Crippen LogP contribution in [0.25, 0.3) is 0 Å². The third-order valence-electron chi connectivity index (χ3n) is 3.44. The normalized spacial score (nSPS) is 17.1. The fourth-order valence-corrected chi connectivity index (χ4v) is 2.38. The standard InChI is InChI=1S/C17H24N4O4/c1-17(2,3)25-15(23)19-12-10-21(16(24)20(4)5)13-9-7-6-8-11(13)18-14(12)22/h6-9,12H,10H2,1-5H3,(H,18,22)(H,19,23). The summed E-state index contributed by atoms with van der Waals surface area (Å²) in [6.07, 6.45) is -0.712. The smallest absolute Gasteiger partial charge is 0.408 e. The van der Waals surface area contributed by atoms with Crippen molar-refractivity contribution in [2.45, 2.75) is 32.4 Å². The van der Waals surface area contributed by atoms with Gasteiger partial charge in [-0.2, -0.15) is 0 Å². The summed E-state index contributed by atoms with van der Waals surface area (Å²) in [5.41, 5.74) is 0.396. The Kier molecular flexibility index (Phi) is 5.20.